The number of hydrogen-bond acceptors (Lipinski definition) is 2. The van der Waals surface area contributed by atoms with E-state index in [0.29, 0.717) is 0 Å². The van der Waals surface area contributed by atoms with Crippen molar-refractivity contribution < 1.29 is 4.74 Å². The van der Waals surface area contributed by atoms with Crippen molar-refractivity contribution in [3.8, 4) is 0 Å². The van der Waals surface area contributed by atoms with Gasteiger partial charge in [0.1, 0.15) is 5.76 Å². The molecule has 0 aromatic heterocycles. The summed E-state index contributed by atoms with van der Waals surface area (Å²) in [5, 5.41) is 4.27. The van der Waals surface area contributed by atoms with Crippen LogP contribution in [0, 0.1) is 0 Å². The van der Waals surface area contributed by atoms with Crippen molar-refractivity contribution in [2.24, 2.45) is 0 Å². The van der Waals surface area contributed by atoms with Gasteiger partial charge in [-0.15, -0.1) is 0 Å². The molecule has 98 valence electrons. The zero-order chi connectivity index (χ0) is 12.8. The molecule has 1 N–H and O–H groups in total. The van der Waals surface area contributed by atoms with Crippen LogP contribution in [0.4, 0.5) is 0 Å². The number of nitrogens with one attached hydrogen (secondary N) is 1. The lowest BCUT2D eigenvalue weighted by Crippen LogP contribution is -2.34. The van der Waals surface area contributed by atoms with Crippen LogP contribution in [0.25, 0.3) is 0 Å². The Morgan fingerprint density at radius 2 is 2.11 bits per heavy atom. The van der Waals surface area contributed by atoms with Crippen LogP contribution in [0.2, 0.25) is 5.02 Å². The minimum absolute atomic E-state index is 0.275. The largest absolute Gasteiger partial charge is 0.497 e. The minimum atomic E-state index is 0.275. The highest BCUT2D eigenvalue weighted by Gasteiger charge is 2.17. The van der Waals surface area contributed by atoms with Crippen molar-refractivity contribution in [3.05, 3.63) is 46.7 Å². The highest BCUT2D eigenvalue weighted by atomic mass is 35.5. The highest BCUT2D eigenvalue weighted by molar-refractivity contribution is 6.30. The van der Waals surface area contributed by atoms with Gasteiger partial charge in [0, 0.05) is 5.02 Å². The molecule has 0 aliphatic carbocycles. The standard InChI is InChI=1S/C15H20ClNO/c1-2-17-14(15-5-3-4-10-18-15)11-12-6-8-13(16)9-7-12/h5-9,14,17H,2-4,10-11H2,1H3. The van der Waals surface area contributed by atoms with Gasteiger partial charge in [-0.05, 0) is 49.6 Å². The van der Waals surface area contributed by atoms with Gasteiger partial charge >= 0.3 is 0 Å². The minimum Gasteiger partial charge on any atom is -0.497 e. The van der Waals surface area contributed by atoms with Crippen molar-refractivity contribution in [1.82, 2.24) is 5.32 Å². The Bertz CT molecular complexity index is 399. The van der Waals surface area contributed by atoms with E-state index in [9.17, 15) is 0 Å². The van der Waals surface area contributed by atoms with E-state index in [0.717, 1.165) is 43.2 Å². The summed E-state index contributed by atoms with van der Waals surface area (Å²) in [6.07, 6.45) is 5.41. The third kappa shape index (κ3) is 3.76. The summed E-state index contributed by atoms with van der Waals surface area (Å²) < 4.78 is 5.76. The molecule has 18 heavy (non-hydrogen) atoms. The second-order valence-electron chi connectivity index (χ2n) is 4.54. The third-order valence-corrected chi connectivity index (χ3v) is 3.36. The van der Waals surface area contributed by atoms with Gasteiger partial charge in [-0.1, -0.05) is 30.7 Å². The fourth-order valence-electron chi connectivity index (χ4n) is 2.20. The van der Waals surface area contributed by atoms with Gasteiger partial charge in [0.2, 0.25) is 0 Å². The smallest absolute Gasteiger partial charge is 0.109 e. The predicted molar refractivity (Wildman–Crippen MR) is 75.9 cm³/mol. The van der Waals surface area contributed by atoms with Crippen molar-refractivity contribution in [3.63, 3.8) is 0 Å². The van der Waals surface area contributed by atoms with Crippen LogP contribution in [-0.4, -0.2) is 19.2 Å². The predicted octanol–water partition coefficient (Wildman–Crippen LogP) is 3.55. The summed E-state index contributed by atoms with van der Waals surface area (Å²) in [6, 6.07) is 8.31. The molecule has 1 heterocycles. The fourth-order valence-corrected chi connectivity index (χ4v) is 2.32. The third-order valence-electron chi connectivity index (χ3n) is 3.11. The maximum Gasteiger partial charge on any atom is 0.109 e. The Morgan fingerprint density at radius 3 is 2.72 bits per heavy atom. The Kier molecular flexibility index (Phi) is 5.09. The van der Waals surface area contributed by atoms with E-state index in [2.05, 4.69) is 30.4 Å². The Balaban J connectivity index is 2.05. The summed E-state index contributed by atoms with van der Waals surface area (Å²) in [7, 11) is 0. The van der Waals surface area contributed by atoms with E-state index in [4.69, 9.17) is 16.3 Å². The maximum absolute atomic E-state index is 5.91. The molecule has 0 saturated heterocycles. The number of benzene rings is 1. The lowest BCUT2D eigenvalue weighted by Gasteiger charge is -2.24. The zero-order valence-electron chi connectivity index (χ0n) is 10.8. The van der Waals surface area contributed by atoms with Crippen LogP contribution in [0.3, 0.4) is 0 Å². The van der Waals surface area contributed by atoms with Crippen LogP contribution in [0.15, 0.2) is 36.1 Å². The Morgan fingerprint density at radius 1 is 1.33 bits per heavy atom. The van der Waals surface area contributed by atoms with Crippen molar-refractivity contribution in [2.45, 2.75) is 32.2 Å². The summed E-state index contributed by atoms with van der Waals surface area (Å²) in [6.45, 7) is 3.91. The number of allylic oxidation sites excluding steroid dienone is 1. The molecule has 0 fully saturated rings. The van der Waals surface area contributed by atoms with Crippen LogP contribution < -0.4 is 5.32 Å². The SMILES string of the molecule is CCNC(Cc1ccc(Cl)cc1)C1=CCCCO1. The molecular formula is C15H20ClNO. The van der Waals surface area contributed by atoms with E-state index in [1.54, 1.807) is 0 Å². The molecule has 2 nitrogen and oxygen atoms in total. The molecule has 1 aliphatic rings. The molecule has 1 atom stereocenters. The molecule has 0 radical (unpaired) electrons. The van der Waals surface area contributed by atoms with Crippen LogP contribution in [0.5, 0.6) is 0 Å². The van der Waals surface area contributed by atoms with E-state index < -0.39 is 0 Å². The van der Waals surface area contributed by atoms with Gasteiger partial charge in [-0.25, -0.2) is 0 Å². The molecule has 0 amide bonds. The van der Waals surface area contributed by atoms with E-state index in [1.165, 1.54) is 5.56 Å². The molecule has 2 rings (SSSR count). The van der Waals surface area contributed by atoms with Crippen LogP contribution in [-0.2, 0) is 11.2 Å². The molecule has 3 heteroatoms. The molecule has 0 spiro atoms. The normalized spacial score (nSPS) is 16.9. The second-order valence-corrected chi connectivity index (χ2v) is 4.97. The van der Waals surface area contributed by atoms with Gasteiger partial charge < -0.3 is 10.1 Å². The molecular weight excluding hydrogens is 246 g/mol. The average molecular weight is 266 g/mol. The molecule has 1 unspecified atom stereocenters. The average Bonchev–Trinajstić information content (AvgIpc) is 2.42. The van der Waals surface area contributed by atoms with Gasteiger partial charge in [-0.2, -0.15) is 0 Å². The van der Waals surface area contributed by atoms with E-state index >= 15 is 0 Å². The van der Waals surface area contributed by atoms with Gasteiger partial charge in [0.25, 0.3) is 0 Å². The Labute approximate surface area is 114 Å². The number of halogens is 1. The van der Waals surface area contributed by atoms with E-state index in [-0.39, 0.29) is 6.04 Å². The molecule has 1 aromatic rings. The molecule has 1 aliphatic heterocycles. The summed E-state index contributed by atoms with van der Waals surface area (Å²) in [5.41, 5.74) is 1.28. The summed E-state index contributed by atoms with van der Waals surface area (Å²) in [4.78, 5) is 0. The highest BCUT2D eigenvalue weighted by Crippen LogP contribution is 2.18. The van der Waals surface area contributed by atoms with Crippen LogP contribution in [0.1, 0.15) is 25.3 Å². The van der Waals surface area contributed by atoms with Gasteiger partial charge in [-0.3, -0.25) is 0 Å². The lowest BCUT2D eigenvalue weighted by molar-refractivity contribution is 0.167. The topological polar surface area (TPSA) is 21.3 Å². The van der Waals surface area contributed by atoms with Crippen molar-refractivity contribution in [1.29, 1.82) is 0 Å². The summed E-state index contributed by atoms with van der Waals surface area (Å²) >= 11 is 5.91. The number of ether oxygens (including phenoxy) is 1. The number of likely N-dealkylation sites (N-methyl/N-ethyl adjacent to an activating group) is 1. The summed E-state index contributed by atoms with van der Waals surface area (Å²) in [5.74, 6) is 1.10. The first-order valence-electron chi connectivity index (χ1n) is 6.60. The zero-order valence-corrected chi connectivity index (χ0v) is 11.5. The number of hydrogen-bond donors (Lipinski definition) is 1. The second kappa shape index (κ2) is 6.81. The first-order valence-corrected chi connectivity index (χ1v) is 6.98. The molecule has 0 bridgehead atoms. The molecule has 0 saturated carbocycles. The molecule has 1 aromatic carbocycles. The van der Waals surface area contributed by atoms with Gasteiger partial charge in [0.05, 0.1) is 12.6 Å². The quantitative estimate of drug-likeness (QED) is 0.879. The first-order chi connectivity index (χ1) is 8.79. The van der Waals surface area contributed by atoms with Crippen molar-refractivity contribution >= 4 is 11.6 Å². The number of rotatable bonds is 5. The Hall–Kier alpha value is -0.990. The maximum atomic E-state index is 5.91. The fraction of sp³-hybridized carbons (Fsp3) is 0.467. The van der Waals surface area contributed by atoms with Crippen molar-refractivity contribution in [2.75, 3.05) is 13.2 Å². The van der Waals surface area contributed by atoms with E-state index in [1.807, 2.05) is 12.1 Å². The monoisotopic (exact) mass is 265 g/mol. The van der Waals surface area contributed by atoms with Crippen LogP contribution >= 0.6 is 11.6 Å². The van der Waals surface area contributed by atoms with Gasteiger partial charge in [0.15, 0.2) is 0 Å². The lowest BCUT2D eigenvalue weighted by atomic mass is 10.0. The first kappa shape index (κ1) is 13.4.